The van der Waals surface area contributed by atoms with Gasteiger partial charge in [0.05, 0.1) is 0 Å². The molecule has 21 heavy (non-hydrogen) atoms. The van der Waals surface area contributed by atoms with Gasteiger partial charge in [-0.3, -0.25) is 0 Å². The van der Waals surface area contributed by atoms with E-state index in [0.29, 0.717) is 0 Å². The molecule has 0 unspecified atom stereocenters. The van der Waals surface area contributed by atoms with Crippen LogP contribution in [0.3, 0.4) is 0 Å². The maximum atomic E-state index is 11.9. The lowest BCUT2D eigenvalue weighted by Gasteiger charge is -2.44. The van der Waals surface area contributed by atoms with Gasteiger partial charge in [0.25, 0.3) is 0 Å². The summed E-state index contributed by atoms with van der Waals surface area (Å²) in [5.41, 5.74) is -1.22. The molecule has 0 aliphatic heterocycles. The first-order chi connectivity index (χ1) is 9.05. The minimum atomic E-state index is -1.05. The number of carbonyl (C=O) groups is 2. The highest BCUT2D eigenvalue weighted by Gasteiger charge is 2.45. The highest BCUT2D eigenvalue weighted by Crippen LogP contribution is 2.42. The Morgan fingerprint density at radius 2 is 1.29 bits per heavy atom. The number of rotatable bonds is 3. The van der Waals surface area contributed by atoms with Crippen LogP contribution in [0, 0.1) is 16.7 Å². The molecule has 0 aliphatic carbocycles. The van der Waals surface area contributed by atoms with Gasteiger partial charge in [-0.15, -0.1) is 0 Å². The zero-order chi connectivity index (χ0) is 17.2. The number of carboxylic acids is 1. The second kappa shape index (κ2) is 6.24. The molecule has 0 fully saturated rings. The number of hydrogen-bond acceptors (Lipinski definition) is 3. The highest BCUT2D eigenvalue weighted by molar-refractivity contribution is 5.80. The van der Waals surface area contributed by atoms with Gasteiger partial charge in [0.2, 0.25) is 0 Å². The third-order valence-corrected chi connectivity index (χ3v) is 3.14. The molecule has 1 atom stereocenters. The summed E-state index contributed by atoms with van der Waals surface area (Å²) in [6.45, 7) is 17.1. The molecule has 0 aromatic carbocycles. The normalized spacial score (nSPS) is 14.8. The van der Waals surface area contributed by atoms with Crippen LogP contribution in [0.4, 0.5) is 4.79 Å². The Morgan fingerprint density at radius 3 is 1.52 bits per heavy atom. The van der Waals surface area contributed by atoms with Gasteiger partial charge < -0.3 is 15.2 Å². The molecule has 0 spiro atoms. The fourth-order valence-corrected chi connectivity index (χ4v) is 3.02. The van der Waals surface area contributed by atoms with E-state index in [1.807, 2.05) is 41.5 Å². The molecule has 124 valence electrons. The van der Waals surface area contributed by atoms with Crippen LogP contribution in [0.5, 0.6) is 0 Å². The first-order valence-corrected chi connectivity index (χ1v) is 7.28. The Bertz CT molecular complexity index is 369. The second-order valence-corrected chi connectivity index (χ2v) is 8.67. The quantitative estimate of drug-likeness (QED) is 0.834. The Hall–Kier alpha value is -1.26. The number of ether oxygens (including phenoxy) is 1. The van der Waals surface area contributed by atoms with Gasteiger partial charge >= 0.3 is 12.1 Å². The third-order valence-electron chi connectivity index (χ3n) is 3.14. The van der Waals surface area contributed by atoms with E-state index < -0.39 is 23.7 Å². The molecule has 0 saturated heterocycles. The van der Waals surface area contributed by atoms with Gasteiger partial charge in [0, 0.05) is 0 Å². The lowest BCUT2D eigenvalue weighted by molar-refractivity contribution is -0.144. The van der Waals surface area contributed by atoms with Gasteiger partial charge in [0.1, 0.15) is 11.6 Å². The van der Waals surface area contributed by atoms with E-state index >= 15 is 0 Å². The number of carboxylic acid groups (broad SMARTS) is 1. The van der Waals surface area contributed by atoms with Crippen LogP contribution in [0.2, 0.25) is 0 Å². The van der Waals surface area contributed by atoms with E-state index in [4.69, 9.17) is 4.74 Å². The summed E-state index contributed by atoms with van der Waals surface area (Å²) in [6.07, 6.45) is -0.701. The van der Waals surface area contributed by atoms with Crippen molar-refractivity contribution in [1.82, 2.24) is 5.32 Å². The van der Waals surface area contributed by atoms with Crippen molar-refractivity contribution < 1.29 is 19.4 Å². The molecule has 0 aliphatic rings. The predicted octanol–water partition coefficient (Wildman–Crippen LogP) is 3.67. The third kappa shape index (κ3) is 6.82. The fraction of sp³-hybridized carbons (Fsp3) is 0.875. The standard InChI is InChI=1S/C16H31NO4/c1-14(2,3)11(15(4,5)6)10(12(18)19)17-13(20)21-16(7,8)9/h10-11H,1-9H3,(H,17,20)(H,18,19)/t10-/m1/s1. The zero-order valence-electron chi connectivity index (χ0n) is 14.8. The number of hydrogen-bond donors (Lipinski definition) is 2. The van der Waals surface area contributed by atoms with Crippen LogP contribution in [-0.2, 0) is 9.53 Å². The largest absolute Gasteiger partial charge is 0.480 e. The molecule has 0 aromatic heterocycles. The molecule has 5 heteroatoms. The predicted molar refractivity (Wildman–Crippen MR) is 83.2 cm³/mol. The number of carbonyl (C=O) groups excluding carboxylic acids is 1. The summed E-state index contributed by atoms with van der Waals surface area (Å²) in [7, 11) is 0. The molecule has 0 saturated carbocycles. The number of alkyl carbamates (subject to hydrolysis) is 1. The first-order valence-electron chi connectivity index (χ1n) is 7.28. The van der Waals surface area contributed by atoms with Crippen LogP contribution in [-0.4, -0.2) is 28.8 Å². The van der Waals surface area contributed by atoms with Crippen molar-refractivity contribution in [1.29, 1.82) is 0 Å². The van der Waals surface area contributed by atoms with Gasteiger partial charge in [-0.05, 0) is 37.5 Å². The smallest absolute Gasteiger partial charge is 0.408 e. The zero-order valence-corrected chi connectivity index (χ0v) is 14.8. The van der Waals surface area contributed by atoms with E-state index in [1.165, 1.54) is 0 Å². The summed E-state index contributed by atoms with van der Waals surface area (Å²) in [4.78, 5) is 23.6. The lowest BCUT2D eigenvalue weighted by atomic mass is 9.63. The van der Waals surface area contributed by atoms with Crippen molar-refractivity contribution in [3.63, 3.8) is 0 Å². The van der Waals surface area contributed by atoms with E-state index in [1.54, 1.807) is 20.8 Å². The summed E-state index contributed by atoms with van der Waals surface area (Å²) < 4.78 is 5.18. The minimum Gasteiger partial charge on any atom is -0.480 e. The van der Waals surface area contributed by atoms with Crippen molar-refractivity contribution in [2.75, 3.05) is 0 Å². The van der Waals surface area contributed by atoms with Gasteiger partial charge in [-0.1, -0.05) is 41.5 Å². The average molecular weight is 301 g/mol. The molecule has 5 nitrogen and oxygen atoms in total. The summed E-state index contributed by atoms with van der Waals surface area (Å²) in [5, 5.41) is 12.1. The number of amides is 1. The lowest BCUT2D eigenvalue weighted by Crippen LogP contribution is -2.55. The molecule has 0 heterocycles. The first kappa shape index (κ1) is 19.7. The number of aliphatic carboxylic acids is 1. The Balaban J connectivity index is 5.38. The number of nitrogens with one attached hydrogen (secondary N) is 1. The molecular weight excluding hydrogens is 270 g/mol. The van der Waals surface area contributed by atoms with Gasteiger partial charge in [0.15, 0.2) is 0 Å². The van der Waals surface area contributed by atoms with Crippen molar-refractivity contribution in [2.45, 2.75) is 74.0 Å². The topological polar surface area (TPSA) is 75.6 Å². The van der Waals surface area contributed by atoms with Crippen LogP contribution in [0.15, 0.2) is 0 Å². The Morgan fingerprint density at radius 1 is 0.905 bits per heavy atom. The molecule has 1 amide bonds. The van der Waals surface area contributed by atoms with Crippen molar-refractivity contribution in [2.24, 2.45) is 16.7 Å². The van der Waals surface area contributed by atoms with E-state index in [2.05, 4.69) is 5.32 Å². The maximum Gasteiger partial charge on any atom is 0.408 e. The van der Waals surface area contributed by atoms with E-state index in [9.17, 15) is 14.7 Å². The molecular formula is C16H31NO4. The Kier molecular flexibility index (Phi) is 5.87. The van der Waals surface area contributed by atoms with E-state index in [0.717, 1.165) is 0 Å². The molecule has 0 aromatic rings. The van der Waals surface area contributed by atoms with Gasteiger partial charge in [-0.2, -0.15) is 0 Å². The van der Waals surface area contributed by atoms with Crippen molar-refractivity contribution in [3.05, 3.63) is 0 Å². The summed E-state index contributed by atoms with van der Waals surface area (Å²) in [6, 6.07) is -1.00. The minimum absolute atomic E-state index is 0.255. The van der Waals surface area contributed by atoms with Crippen molar-refractivity contribution in [3.8, 4) is 0 Å². The van der Waals surface area contributed by atoms with Crippen molar-refractivity contribution >= 4 is 12.1 Å². The fourth-order valence-electron chi connectivity index (χ4n) is 3.02. The second-order valence-electron chi connectivity index (χ2n) is 8.67. The van der Waals surface area contributed by atoms with Crippen LogP contribution >= 0.6 is 0 Å². The summed E-state index contributed by atoms with van der Waals surface area (Å²) in [5.74, 6) is -1.30. The van der Waals surface area contributed by atoms with Crippen LogP contribution in [0.25, 0.3) is 0 Å². The molecule has 2 N–H and O–H groups in total. The SMILES string of the molecule is CC(C)(C)OC(=O)N[C@@H](C(=O)O)C(C(C)(C)C)C(C)(C)C. The van der Waals surface area contributed by atoms with E-state index in [-0.39, 0.29) is 16.7 Å². The van der Waals surface area contributed by atoms with Gasteiger partial charge in [-0.25, -0.2) is 9.59 Å². The van der Waals surface area contributed by atoms with Crippen LogP contribution < -0.4 is 5.32 Å². The molecule has 0 bridgehead atoms. The monoisotopic (exact) mass is 301 g/mol. The maximum absolute atomic E-state index is 11.9. The molecule has 0 rings (SSSR count). The summed E-state index contributed by atoms with van der Waals surface area (Å²) >= 11 is 0. The Labute approximate surface area is 128 Å². The van der Waals surface area contributed by atoms with Crippen LogP contribution in [0.1, 0.15) is 62.3 Å². The molecule has 0 radical (unpaired) electrons. The highest BCUT2D eigenvalue weighted by atomic mass is 16.6. The average Bonchev–Trinajstić information content (AvgIpc) is 2.07.